The Labute approximate surface area is 172 Å². The van der Waals surface area contributed by atoms with Crippen molar-refractivity contribution in [1.82, 2.24) is 14.7 Å². The molecule has 3 N–H and O–H groups in total. The highest BCUT2D eigenvalue weighted by Gasteiger charge is 2.32. The molecule has 2 heterocycles. The summed E-state index contributed by atoms with van der Waals surface area (Å²) in [6.45, 7) is 0.311. The summed E-state index contributed by atoms with van der Waals surface area (Å²) in [7, 11) is 0. The van der Waals surface area contributed by atoms with Crippen LogP contribution in [0.4, 0.5) is 18.9 Å². The van der Waals surface area contributed by atoms with E-state index in [0.717, 1.165) is 17.0 Å². The lowest BCUT2D eigenvalue weighted by Gasteiger charge is -2.11. The van der Waals surface area contributed by atoms with Gasteiger partial charge in [0, 0.05) is 34.8 Å². The van der Waals surface area contributed by atoms with E-state index in [1.165, 1.54) is 12.1 Å². The molecule has 0 bridgehead atoms. The van der Waals surface area contributed by atoms with E-state index in [2.05, 4.69) is 14.9 Å². The average molecular weight is 432 g/mol. The van der Waals surface area contributed by atoms with E-state index in [9.17, 15) is 18.0 Å². The van der Waals surface area contributed by atoms with E-state index in [1.807, 2.05) is 16.7 Å². The third-order valence-electron chi connectivity index (χ3n) is 4.53. The number of hydrogen-bond acceptors (Lipinski definition) is 6. The van der Waals surface area contributed by atoms with Crippen molar-refractivity contribution in [1.29, 1.82) is 0 Å². The highest BCUT2D eigenvalue weighted by molar-refractivity contribution is 5.94. The first kappa shape index (κ1) is 20.3. The standard InChI is InChI=1S/C20H15F3N4O4/c21-20(22,23)30-16-5-4-11(10-14(16)24)19-25-18(26-31-19)13-2-1-3-15-12(13)6-8-27(15)9-7-17(28)29/h1-6,8,10H,7,9,24H2,(H,28,29). The summed E-state index contributed by atoms with van der Waals surface area (Å²) < 4.78 is 48.1. The number of carboxylic acids is 1. The molecule has 2 aromatic carbocycles. The van der Waals surface area contributed by atoms with Gasteiger partial charge >= 0.3 is 12.3 Å². The number of rotatable bonds is 6. The normalized spacial score (nSPS) is 11.7. The Hall–Kier alpha value is -4.02. The van der Waals surface area contributed by atoms with Gasteiger partial charge in [-0.2, -0.15) is 4.98 Å². The molecular formula is C20H15F3N4O4. The highest BCUT2D eigenvalue weighted by Crippen LogP contribution is 2.33. The van der Waals surface area contributed by atoms with Crippen LogP contribution in [-0.2, 0) is 11.3 Å². The van der Waals surface area contributed by atoms with Crippen molar-refractivity contribution in [2.24, 2.45) is 0 Å². The Morgan fingerprint density at radius 3 is 2.74 bits per heavy atom. The monoisotopic (exact) mass is 432 g/mol. The number of halogens is 3. The first-order valence-corrected chi connectivity index (χ1v) is 9.00. The molecule has 2 aromatic heterocycles. The SMILES string of the molecule is Nc1cc(-c2nc(-c3cccc4c3ccn4CCC(=O)O)no2)ccc1OC(F)(F)F. The summed E-state index contributed by atoms with van der Waals surface area (Å²) in [4.78, 5) is 15.2. The molecule has 0 saturated carbocycles. The topological polar surface area (TPSA) is 116 Å². The van der Waals surface area contributed by atoms with Crippen LogP contribution in [0.15, 0.2) is 53.2 Å². The molecule has 4 rings (SSSR count). The van der Waals surface area contributed by atoms with Gasteiger partial charge in [-0.05, 0) is 30.3 Å². The number of aliphatic carboxylic acids is 1. The second kappa shape index (κ2) is 7.67. The van der Waals surface area contributed by atoms with Crippen molar-refractivity contribution < 1.29 is 32.3 Å². The lowest BCUT2D eigenvalue weighted by molar-refractivity contribution is -0.274. The number of carbonyl (C=O) groups is 1. The van der Waals surface area contributed by atoms with Gasteiger partial charge in [-0.1, -0.05) is 17.3 Å². The van der Waals surface area contributed by atoms with Crippen molar-refractivity contribution in [2.45, 2.75) is 19.3 Å². The second-order valence-corrected chi connectivity index (χ2v) is 6.61. The minimum atomic E-state index is -4.85. The summed E-state index contributed by atoms with van der Waals surface area (Å²) in [5.74, 6) is -1.08. The number of ether oxygens (including phenoxy) is 1. The quantitative estimate of drug-likeness (QED) is 0.436. The summed E-state index contributed by atoms with van der Waals surface area (Å²) in [5, 5.41) is 13.7. The predicted molar refractivity (Wildman–Crippen MR) is 104 cm³/mol. The molecule has 0 aliphatic carbocycles. The summed E-state index contributed by atoms with van der Waals surface area (Å²) in [5.41, 5.74) is 7.22. The van der Waals surface area contributed by atoms with Crippen LogP contribution in [0.5, 0.6) is 5.75 Å². The molecule has 160 valence electrons. The lowest BCUT2D eigenvalue weighted by Crippen LogP contribution is -2.17. The number of aryl methyl sites for hydroxylation is 1. The molecule has 0 amide bonds. The van der Waals surface area contributed by atoms with Crippen molar-refractivity contribution in [3.05, 3.63) is 48.7 Å². The van der Waals surface area contributed by atoms with Gasteiger partial charge in [-0.3, -0.25) is 4.79 Å². The number of alkyl halides is 3. The molecule has 0 aliphatic rings. The van der Waals surface area contributed by atoms with Crippen molar-refractivity contribution in [3.8, 4) is 28.6 Å². The van der Waals surface area contributed by atoms with Gasteiger partial charge in [0.05, 0.1) is 12.1 Å². The van der Waals surface area contributed by atoms with Gasteiger partial charge in [0.2, 0.25) is 5.82 Å². The maximum Gasteiger partial charge on any atom is 0.573 e. The van der Waals surface area contributed by atoms with Gasteiger partial charge in [0.15, 0.2) is 5.75 Å². The molecule has 31 heavy (non-hydrogen) atoms. The number of hydrogen-bond donors (Lipinski definition) is 2. The largest absolute Gasteiger partial charge is 0.573 e. The summed E-state index contributed by atoms with van der Waals surface area (Å²) in [6, 6.07) is 10.9. The molecule has 0 saturated heterocycles. The molecule has 0 spiro atoms. The van der Waals surface area contributed by atoms with Crippen LogP contribution in [0, 0.1) is 0 Å². The summed E-state index contributed by atoms with van der Waals surface area (Å²) in [6.07, 6.45) is -3.10. The van der Waals surface area contributed by atoms with Crippen LogP contribution in [0.2, 0.25) is 0 Å². The van der Waals surface area contributed by atoms with E-state index in [-0.39, 0.29) is 23.8 Å². The smallest absolute Gasteiger partial charge is 0.481 e. The van der Waals surface area contributed by atoms with Gasteiger partial charge < -0.3 is 24.7 Å². The Bertz CT molecular complexity index is 1260. The molecule has 0 fully saturated rings. The van der Waals surface area contributed by atoms with E-state index >= 15 is 0 Å². The zero-order valence-electron chi connectivity index (χ0n) is 15.8. The number of fused-ring (bicyclic) bond motifs is 1. The maximum absolute atomic E-state index is 12.4. The van der Waals surface area contributed by atoms with Crippen LogP contribution >= 0.6 is 0 Å². The van der Waals surface area contributed by atoms with Crippen LogP contribution in [0.25, 0.3) is 33.7 Å². The fourth-order valence-electron chi connectivity index (χ4n) is 3.18. The molecular weight excluding hydrogens is 417 g/mol. The van der Waals surface area contributed by atoms with Crippen LogP contribution < -0.4 is 10.5 Å². The minimum absolute atomic E-state index is 0.0180. The van der Waals surface area contributed by atoms with Crippen molar-refractivity contribution >= 4 is 22.6 Å². The maximum atomic E-state index is 12.4. The number of nitrogen functional groups attached to an aromatic ring is 1. The van der Waals surface area contributed by atoms with Gasteiger partial charge in [0.1, 0.15) is 0 Å². The van der Waals surface area contributed by atoms with E-state index < -0.39 is 18.1 Å². The zero-order valence-corrected chi connectivity index (χ0v) is 15.8. The fourth-order valence-corrected chi connectivity index (χ4v) is 3.18. The number of nitrogens with zero attached hydrogens (tertiary/aromatic N) is 3. The lowest BCUT2D eigenvalue weighted by atomic mass is 10.1. The number of nitrogens with two attached hydrogens (primary N) is 1. The molecule has 0 atom stereocenters. The number of aromatic nitrogens is 3. The molecule has 8 nitrogen and oxygen atoms in total. The van der Waals surface area contributed by atoms with E-state index in [0.29, 0.717) is 17.7 Å². The van der Waals surface area contributed by atoms with Crippen LogP contribution in [-0.4, -0.2) is 32.1 Å². The van der Waals surface area contributed by atoms with Gasteiger partial charge in [-0.15, -0.1) is 13.2 Å². The van der Waals surface area contributed by atoms with E-state index in [1.54, 1.807) is 18.3 Å². The predicted octanol–water partition coefficient (Wildman–Crippen LogP) is 4.31. The van der Waals surface area contributed by atoms with Gasteiger partial charge in [-0.25, -0.2) is 0 Å². The first-order valence-electron chi connectivity index (χ1n) is 9.00. The molecule has 4 aromatic rings. The molecule has 0 unspecified atom stereocenters. The van der Waals surface area contributed by atoms with Crippen molar-refractivity contribution in [3.63, 3.8) is 0 Å². The Balaban J connectivity index is 1.64. The zero-order chi connectivity index (χ0) is 22.2. The number of anilines is 1. The van der Waals surface area contributed by atoms with E-state index in [4.69, 9.17) is 15.4 Å². The summed E-state index contributed by atoms with van der Waals surface area (Å²) >= 11 is 0. The third-order valence-corrected chi connectivity index (χ3v) is 4.53. The Morgan fingerprint density at radius 1 is 1.23 bits per heavy atom. The van der Waals surface area contributed by atoms with Crippen LogP contribution in [0.3, 0.4) is 0 Å². The third kappa shape index (κ3) is 4.29. The number of carboxylic acid groups (broad SMARTS) is 1. The van der Waals surface area contributed by atoms with Crippen molar-refractivity contribution in [2.75, 3.05) is 5.73 Å². The average Bonchev–Trinajstić information content (AvgIpc) is 3.34. The second-order valence-electron chi connectivity index (χ2n) is 6.61. The highest BCUT2D eigenvalue weighted by atomic mass is 19.4. The van der Waals surface area contributed by atoms with Crippen LogP contribution in [0.1, 0.15) is 6.42 Å². The Morgan fingerprint density at radius 2 is 2.03 bits per heavy atom. The Kier molecular flexibility index (Phi) is 5.01. The molecule has 11 heteroatoms. The molecule has 0 radical (unpaired) electrons. The fraction of sp³-hybridized carbons (Fsp3) is 0.150. The number of benzene rings is 2. The first-order chi connectivity index (χ1) is 14.7. The van der Waals surface area contributed by atoms with Gasteiger partial charge in [0.25, 0.3) is 5.89 Å². The molecule has 0 aliphatic heterocycles. The minimum Gasteiger partial charge on any atom is -0.481 e.